The average molecular weight is 461 g/mol. The number of guanidine groups is 1. The van der Waals surface area contributed by atoms with Gasteiger partial charge in [-0.25, -0.2) is 0 Å². The number of ether oxygens (including phenoxy) is 3. The van der Waals surface area contributed by atoms with Crippen LogP contribution >= 0.6 is 24.0 Å². The SMILES string of the molecule is CN=C(NCCC1CCOCC1)N(C)Cc1ccc2c(c1)OCO2.I. The summed E-state index contributed by atoms with van der Waals surface area (Å²) in [7, 11) is 3.88. The number of fused-ring (bicyclic) bond motifs is 1. The van der Waals surface area contributed by atoms with Gasteiger partial charge in [0, 0.05) is 40.4 Å². The summed E-state index contributed by atoms with van der Waals surface area (Å²) < 4.78 is 16.2. The van der Waals surface area contributed by atoms with Crippen LogP contribution in [-0.4, -0.2) is 51.5 Å². The first-order chi connectivity index (χ1) is 11.8. The zero-order valence-corrected chi connectivity index (χ0v) is 17.3. The summed E-state index contributed by atoms with van der Waals surface area (Å²) in [5, 5.41) is 3.47. The van der Waals surface area contributed by atoms with Gasteiger partial charge in [0.1, 0.15) is 0 Å². The van der Waals surface area contributed by atoms with Crippen LogP contribution in [0, 0.1) is 5.92 Å². The van der Waals surface area contributed by atoms with Gasteiger partial charge >= 0.3 is 0 Å². The summed E-state index contributed by atoms with van der Waals surface area (Å²) in [6.45, 7) is 3.84. The Bertz CT molecular complexity index is 577. The van der Waals surface area contributed by atoms with Gasteiger partial charge in [0.05, 0.1) is 0 Å². The van der Waals surface area contributed by atoms with Gasteiger partial charge in [-0.05, 0) is 42.9 Å². The molecule has 0 atom stereocenters. The molecule has 7 heteroatoms. The number of hydrogen-bond acceptors (Lipinski definition) is 4. The molecule has 2 aliphatic rings. The van der Waals surface area contributed by atoms with Gasteiger partial charge in [-0.2, -0.15) is 0 Å². The molecule has 1 saturated heterocycles. The van der Waals surface area contributed by atoms with E-state index in [-0.39, 0.29) is 24.0 Å². The van der Waals surface area contributed by atoms with Gasteiger partial charge in [0.25, 0.3) is 0 Å². The van der Waals surface area contributed by atoms with E-state index in [9.17, 15) is 0 Å². The highest BCUT2D eigenvalue weighted by atomic mass is 127. The molecule has 0 saturated carbocycles. The molecule has 140 valence electrons. The van der Waals surface area contributed by atoms with Crippen LogP contribution < -0.4 is 14.8 Å². The Labute approximate surface area is 166 Å². The summed E-state index contributed by atoms with van der Waals surface area (Å²) in [6.07, 6.45) is 3.51. The Kier molecular flexibility index (Phi) is 8.08. The zero-order chi connectivity index (χ0) is 16.8. The van der Waals surface area contributed by atoms with E-state index < -0.39 is 0 Å². The predicted molar refractivity (Wildman–Crippen MR) is 109 cm³/mol. The van der Waals surface area contributed by atoms with Crippen LogP contribution in [0.25, 0.3) is 0 Å². The van der Waals surface area contributed by atoms with Crippen molar-refractivity contribution in [2.24, 2.45) is 10.9 Å². The number of hydrogen-bond donors (Lipinski definition) is 1. The minimum absolute atomic E-state index is 0. The maximum Gasteiger partial charge on any atom is 0.231 e. The number of nitrogens with one attached hydrogen (secondary N) is 1. The lowest BCUT2D eigenvalue weighted by molar-refractivity contribution is 0.0643. The van der Waals surface area contributed by atoms with E-state index in [4.69, 9.17) is 14.2 Å². The molecule has 0 radical (unpaired) electrons. The summed E-state index contributed by atoms with van der Waals surface area (Å²) in [4.78, 5) is 6.52. The second kappa shape index (κ2) is 10.1. The van der Waals surface area contributed by atoms with E-state index in [1.165, 1.54) is 24.8 Å². The first-order valence-corrected chi connectivity index (χ1v) is 8.64. The standard InChI is InChI=1S/C18H27N3O3.HI/c1-19-18(20-8-5-14-6-9-22-10-7-14)21(2)12-15-3-4-16-17(11-15)24-13-23-16;/h3-4,11,14H,5-10,12-13H2,1-2H3,(H,19,20);1H. The predicted octanol–water partition coefficient (Wildman–Crippen LogP) is 2.86. The lowest BCUT2D eigenvalue weighted by atomic mass is 9.97. The Morgan fingerprint density at radius 1 is 1.24 bits per heavy atom. The van der Waals surface area contributed by atoms with Crippen molar-refractivity contribution in [2.45, 2.75) is 25.8 Å². The van der Waals surface area contributed by atoms with Crippen LogP contribution in [0.4, 0.5) is 0 Å². The summed E-state index contributed by atoms with van der Waals surface area (Å²) in [5.74, 6) is 3.33. The normalized spacial score (nSPS) is 17.1. The maximum absolute atomic E-state index is 5.44. The van der Waals surface area contributed by atoms with Gasteiger partial charge in [-0.1, -0.05) is 6.07 Å². The molecule has 1 fully saturated rings. The van der Waals surface area contributed by atoms with E-state index in [0.29, 0.717) is 6.79 Å². The van der Waals surface area contributed by atoms with E-state index >= 15 is 0 Å². The fraction of sp³-hybridized carbons (Fsp3) is 0.611. The molecule has 0 unspecified atom stereocenters. The molecule has 0 aromatic heterocycles. The first-order valence-electron chi connectivity index (χ1n) is 8.64. The van der Waals surface area contributed by atoms with Gasteiger partial charge in [-0.15, -0.1) is 24.0 Å². The van der Waals surface area contributed by atoms with Crippen LogP contribution in [0.1, 0.15) is 24.8 Å². The molecule has 2 aliphatic heterocycles. The number of nitrogens with zero attached hydrogens (tertiary/aromatic N) is 2. The highest BCUT2D eigenvalue weighted by Gasteiger charge is 2.16. The van der Waals surface area contributed by atoms with Crippen molar-refractivity contribution in [3.8, 4) is 11.5 Å². The molecule has 0 amide bonds. The fourth-order valence-electron chi connectivity index (χ4n) is 3.20. The molecule has 2 heterocycles. The van der Waals surface area contributed by atoms with Crippen molar-refractivity contribution in [3.05, 3.63) is 23.8 Å². The van der Waals surface area contributed by atoms with Crippen molar-refractivity contribution < 1.29 is 14.2 Å². The number of benzene rings is 1. The smallest absolute Gasteiger partial charge is 0.231 e. The maximum atomic E-state index is 5.44. The number of aliphatic imine (C=N–C) groups is 1. The van der Waals surface area contributed by atoms with Crippen molar-refractivity contribution >= 4 is 29.9 Å². The van der Waals surface area contributed by atoms with E-state index in [2.05, 4.69) is 21.3 Å². The highest BCUT2D eigenvalue weighted by Crippen LogP contribution is 2.32. The van der Waals surface area contributed by atoms with Gasteiger partial charge in [0.15, 0.2) is 17.5 Å². The van der Waals surface area contributed by atoms with Gasteiger partial charge < -0.3 is 24.4 Å². The third-order valence-electron chi connectivity index (χ3n) is 4.61. The van der Waals surface area contributed by atoms with Gasteiger partial charge in [0.2, 0.25) is 6.79 Å². The van der Waals surface area contributed by atoms with E-state index in [1.54, 1.807) is 0 Å². The fourth-order valence-corrected chi connectivity index (χ4v) is 3.20. The topological polar surface area (TPSA) is 55.3 Å². The van der Waals surface area contributed by atoms with Crippen LogP contribution in [0.15, 0.2) is 23.2 Å². The summed E-state index contributed by atoms with van der Waals surface area (Å²) in [5.41, 5.74) is 1.18. The number of rotatable bonds is 5. The molecule has 3 rings (SSSR count). The van der Waals surface area contributed by atoms with Crippen LogP contribution in [0.5, 0.6) is 11.5 Å². The van der Waals surface area contributed by atoms with Crippen molar-refractivity contribution in [2.75, 3.05) is 40.6 Å². The molecular weight excluding hydrogens is 433 g/mol. The minimum Gasteiger partial charge on any atom is -0.454 e. The molecule has 25 heavy (non-hydrogen) atoms. The zero-order valence-electron chi connectivity index (χ0n) is 15.0. The molecule has 0 bridgehead atoms. The Balaban J connectivity index is 0.00000225. The van der Waals surface area contributed by atoms with Crippen molar-refractivity contribution in [1.29, 1.82) is 0 Å². The molecule has 1 N–H and O–H groups in total. The lowest BCUT2D eigenvalue weighted by Gasteiger charge is -2.25. The molecular formula is C18H28IN3O3. The molecule has 0 spiro atoms. The quantitative estimate of drug-likeness (QED) is 0.415. The lowest BCUT2D eigenvalue weighted by Crippen LogP contribution is -2.39. The Hall–Kier alpha value is -1.22. The molecule has 0 aliphatic carbocycles. The van der Waals surface area contributed by atoms with Crippen LogP contribution in [0.3, 0.4) is 0 Å². The van der Waals surface area contributed by atoms with E-state index in [0.717, 1.165) is 49.7 Å². The highest BCUT2D eigenvalue weighted by molar-refractivity contribution is 14.0. The molecule has 1 aromatic carbocycles. The van der Waals surface area contributed by atoms with E-state index in [1.807, 2.05) is 26.2 Å². The minimum atomic E-state index is 0. The van der Waals surface area contributed by atoms with Crippen LogP contribution in [-0.2, 0) is 11.3 Å². The van der Waals surface area contributed by atoms with Crippen molar-refractivity contribution in [3.63, 3.8) is 0 Å². The molecule has 1 aromatic rings. The third kappa shape index (κ3) is 5.64. The molecule has 6 nitrogen and oxygen atoms in total. The second-order valence-electron chi connectivity index (χ2n) is 6.36. The van der Waals surface area contributed by atoms with Crippen molar-refractivity contribution in [1.82, 2.24) is 10.2 Å². The average Bonchev–Trinajstić information content (AvgIpc) is 3.07. The monoisotopic (exact) mass is 461 g/mol. The number of halogens is 1. The summed E-state index contributed by atoms with van der Waals surface area (Å²) in [6, 6.07) is 6.07. The second-order valence-corrected chi connectivity index (χ2v) is 6.36. The van der Waals surface area contributed by atoms with Crippen LogP contribution in [0.2, 0.25) is 0 Å². The summed E-state index contributed by atoms with van der Waals surface area (Å²) >= 11 is 0. The largest absolute Gasteiger partial charge is 0.454 e. The first kappa shape index (κ1) is 20.1. The Morgan fingerprint density at radius 2 is 2.00 bits per heavy atom. The third-order valence-corrected chi connectivity index (χ3v) is 4.61. The van der Waals surface area contributed by atoms with Gasteiger partial charge in [-0.3, -0.25) is 4.99 Å². The Morgan fingerprint density at radius 3 is 2.76 bits per heavy atom.